The van der Waals surface area contributed by atoms with E-state index < -0.39 is 20.9 Å². The van der Waals surface area contributed by atoms with Gasteiger partial charge in [0.25, 0.3) is 0 Å². The number of hydrogen-bond acceptors (Lipinski definition) is 10. The first-order valence-corrected chi connectivity index (χ1v) is 34.4. The third-order valence-corrected chi connectivity index (χ3v) is 22.4. The largest absolute Gasteiger partial charge is 2.00 e. The van der Waals surface area contributed by atoms with Crippen molar-refractivity contribution in [2.75, 3.05) is 0 Å². The van der Waals surface area contributed by atoms with Gasteiger partial charge in [-0.15, -0.1) is 43.7 Å². The molecule has 8 bridgehead atoms. The number of fused-ring (bicyclic) bond motifs is 20. The van der Waals surface area contributed by atoms with Gasteiger partial charge in [0, 0.05) is 166 Å². The van der Waals surface area contributed by atoms with E-state index in [1.54, 1.807) is 57.4 Å². The standard InChI is InChI=1S/C68H40B24N8O4.Zn/c69-81-61-65(85-73,89(61)77)29-33-13-21-37(22-14-33)101-45-9-1-5-41-49(45)57-93-53(41)97-58-50-42(6-2-10-46(50)102-38-23-15-34(16-24-38)30-66(86-74)62(82-70)90(66)78)55(94-58)99-60-52-44(8-4-12-48(52)104-40-27-19-36(20-28-40)32-68(88-76)64(84-72)92(68)80)56(96-60)100-59-51-43(54(95-59)98-57)7-3-11-47(51)103-39-25-17-35(18-26-39)31-67(87-75)63(83-71)91(67)79;/h1-28,61-64H,29-32H2;/q-2;+2/i81+0,82+0,83+0,84+0,85+0,86+0,87+0,88+0,89+0,90+0,91+0,92+0;. The Labute approximate surface area is 647 Å². The first-order chi connectivity index (χ1) is 50.6. The second-order valence-electron chi connectivity index (χ2n) is 28.0. The molecule has 4 fully saturated rings. The minimum atomic E-state index is -0.448. The van der Waals surface area contributed by atoms with Crippen molar-refractivity contribution >= 4 is 221 Å². The summed E-state index contributed by atoms with van der Waals surface area (Å²) in [7, 11) is 87.9. The third-order valence-electron chi connectivity index (χ3n) is 22.4. The molecule has 4 saturated heterocycles. The van der Waals surface area contributed by atoms with Crippen LogP contribution in [0.25, 0.3) is 89.7 Å². The molecular formula is C68H40B24N8O4Zn. The molecule has 9 heterocycles. The van der Waals surface area contributed by atoms with Crippen LogP contribution in [0.15, 0.2) is 170 Å². The zero-order valence-electron chi connectivity index (χ0n) is 57.1. The van der Waals surface area contributed by atoms with Gasteiger partial charge in [-0.25, -0.2) is 9.97 Å². The average Bonchev–Trinajstić information content (AvgIpc) is 1.58. The third kappa shape index (κ3) is 12.3. The van der Waals surface area contributed by atoms with E-state index in [4.69, 9.17) is 152 Å². The van der Waals surface area contributed by atoms with Gasteiger partial charge in [0.2, 0.25) is 0 Å². The van der Waals surface area contributed by atoms with E-state index in [2.05, 4.69) is 0 Å². The molecule has 11 aromatic rings. The molecule has 12 nitrogen and oxygen atoms in total. The molecule has 0 amide bonds. The number of ether oxygens (including phenoxy) is 4. The van der Waals surface area contributed by atoms with Gasteiger partial charge in [-0.2, -0.15) is 0 Å². The van der Waals surface area contributed by atoms with E-state index in [0.29, 0.717) is 115 Å². The SMILES string of the molecule is [B][11B]C1[11B]([B])C1([11B][B])Cc1ccc(Oc2cccc3c2-c2nc-3nc3[n-]c(nc4nc(nc5[n-]c(n2)c2cccc(Oc6ccc(CC7([11B][B])[11B]([B])C7[11B][B])cc6)c52)-c2cccc(Oc5ccc(CC6([11B][B])[11B]([B])C6[11B][B])cc5)c2-4)c2cccc(Oc4ccc(CC5([11B][B])[11B]([B])C5[11B][B])cc4)c32)cc1.[Zn+2]. The molecule has 3 aromatic heterocycles. The quantitative estimate of drug-likeness (QED) is 0.0605. The van der Waals surface area contributed by atoms with E-state index in [0.717, 1.165) is 22.3 Å². The van der Waals surface area contributed by atoms with Gasteiger partial charge in [0.05, 0.1) is 89.5 Å². The van der Waals surface area contributed by atoms with Crippen molar-refractivity contribution in [3.05, 3.63) is 192 Å². The minimum Gasteiger partial charge on any atom is -0.457 e. The Morgan fingerprint density at radius 3 is 0.867 bits per heavy atom. The monoisotopic (exact) mass is 1360 g/mol. The molecule has 450 valence electrons. The van der Waals surface area contributed by atoms with Crippen LogP contribution >= 0.6 is 0 Å². The summed E-state index contributed by atoms with van der Waals surface area (Å²) in [5.74, 6) is 4.94. The van der Waals surface area contributed by atoms with Crippen LogP contribution in [0.4, 0.5) is 0 Å². The second-order valence-corrected chi connectivity index (χ2v) is 28.0. The average molecular weight is 1360 g/mol. The Kier molecular flexibility index (Phi) is 19.3. The fourth-order valence-electron chi connectivity index (χ4n) is 16.0. The van der Waals surface area contributed by atoms with Crippen molar-refractivity contribution in [2.24, 2.45) is 0 Å². The Balaban J connectivity index is 0.00000847. The minimum absolute atomic E-state index is 0. The topological polar surface area (TPSA) is 142 Å². The molecule has 0 spiro atoms. The molecule has 17 rings (SSSR count). The van der Waals surface area contributed by atoms with E-state index >= 15 is 0 Å². The predicted molar refractivity (Wildman–Crippen MR) is 439 cm³/mol. The van der Waals surface area contributed by atoms with Gasteiger partial charge in [-0.1, -0.05) is 97.1 Å². The van der Waals surface area contributed by atoms with Gasteiger partial charge >= 0.3 is 19.5 Å². The van der Waals surface area contributed by atoms with Crippen molar-refractivity contribution in [2.45, 2.75) is 69.4 Å². The van der Waals surface area contributed by atoms with Crippen LogP contribution in [0.5, 0.6) is 46.0 Å². The number of rotatable bonds is 24. The molecule has 32 radical (unpaired) electrons. The smallest absolute Gasteiger partial charge is 0.457 e. The maximum atomic E-state index is 6.88. The maximum Gasteiger partial charge on any atom is 2.00 e. The summed E-state index contributed by atoms with van der Waals surface area (Å²) in [5.41, 5.74) is 7.14. The van der Waals surface area contributed by atoms with Crippen molar-refractivity contribution in [1.29, 1.82) is 0 Å². The summed E-state index contributed by atoms with van der Waals surface area (Å²) < 4.78 is 27.5. The van der Waals surface area contributed by atoms with Crippen LogP contribution in [0.3, 0.4) is 0 Å². The molecular weight excluding hydrogens is 1320 g/mol. The molecule has 8 atom stereocenters. The maximum absolute atomic E-state index is 6.88. The number of benzene rings is 8. The molecule has 8 aromatic carbocycles. The molecule has 8 unspecified atom stereocenters. The number of hydrogen-bond donors (Lipinski definition) is 0. The molecule has 0 aliphatic carbocycles. The molecule has 0 N–H and O–H groups in total. The summed E-state index contributed by atoms with van der Waals surface area (Å²) in [4.78, 5) is 42.8. The van der Waals surface area contributed by atoms with Gasteiger partial charge in [0.15, 0.2) is 0 Å². The first-order valence-electron chi connectivity index (χ1n) is 34.4. The normalized spacial score (nSPS) is 21.9. The summed E-state index contributed by atoms with van der Waals surface area (Å²) in [5, 5.41) is 0.464. The van der Waals surface area contributed by atoms with Crippen LogP contribution < -0.4 is 28.9 Å². The number of nitrogens with zero attached hydrogens (tertiary/aromatic N) is 8. The van der Waals surface area contributed by atoms with Crippen molar-refractivity contribution in [3.63, 3.8) is 0 Å². The zero-order valence-corrected chi connectivity index (χ0v) is 60.0. The first kappa shape index (κ1) is 71.7. The van der Waals surface area contributed by atoms with Crippen LogP contribution in [-0.4, -0.2) is 207 Å². The van der Waals surface area contributed by atoms with Gasteiger partial charge in [0.1, 0.15) is 46.0 Å². The summed E-state index contributed by atoms with van der Waals surface area (Å²) in [6.45, 7) is -0.747. The molecule has 0 saturated carbocycles. The van der Waals surface area contributed by atoms with E-state index in [-0.39, 0.29) is 115 Å². The van der Waals surface area contributed by atoms with E-state index in [1.807, 2.05) is 170 Å². The summed E-state index contributed by atoms with van der Waals surface area (Å²) in [6, 6.07) is 53.9. The van der Waals surface area contributed by atoms with Gasteiger partial charge in [-0.05, 0) is 132 Å². The van der Waals surface area contributed by atoms with Crippen molar-refractivity contribution in [3.8, 4) is 91.5 Å². The Hall–Kier alpha value is -7.50. The molecule has 105 heavy (non-hydrogen) atoms. The van der Waals surface area contributed by atoms with Crippen LogP contribution in [0, 0.1) is 0 Å². The Morgan fingerprint density at radius 1 is 0.324 bits per heavy atom. The number of aromatic nitrogens is 8. The summed E-state index contributed by atoms with van der Waals surface area (Å²) in [6.07, 6.45) is 2.38. The second kappa shape index (κ2) is 28.3. The fourth-order valence-corrected chi connectivity index (χ4v) is 16.0. The van der Waals surface area contributed by atoms with Gasteiger partial charge < -0.3 is 48.9 Å². The van der Waals surface area contributed by atoms with Crippen molar-refractivity contribution in [1.82, 2.24) is 39.9 Å². The molecule has 6 aliphatic rings. The summed E-state index contributed by atoms with van der Waals surface area (Å²) >= 11 is 0. The van der Waals surface area contributed by atoms with E-state index in [1.165, 1.54) is 0 Å². The van der Waals surface area contributed by atoms with E-state index in [9.17, 15) is 0 Å². The van der Waals surface area contributed by atoms with Crippen LogP contribution in [-0.2, 0) is 45.2 Å². The fraction of sp³-hybridized carbons (Fsp3) is 0.176. The Bertz CT molecular complexity index is 5050. The predicted octanol–water partition coefficient (Wildman–Crippen LogP) is 6.56. The zero-order chi connectivity index (χ0) is 71.6. The Morgan fingerprint density at radius 2 is 0.590 bits per heavy atom. The van der Waals surface area contributed by atoms with Crippen molar-refractivity contribution < 1.29 is 38.4 Å². The molecule has 6 aliphatic heterocycles. The van der Waals surface area contributed by atoms with Crippen LogP contribution in [0.1, 0.15) is 22.3 Å². The van der Waals surface area contributed by atoms with Crippen LogP contribution in [0.2, 0.25) is 43.7 Å². The van der Waals surface area contributed by atoms with Gasteiger partial charge in [-0.3, -0.25) is 0 Å². The molecule has 37 heteroatoms.